The molecular weight excluding hydrogens is 328 g/mol. The summed E-state index contributed by atoms with van der Waals surface area (Å²) >= 11 is 0. The molecule has 1 amide bonds. The van der Waals surface area contributed by atoms with Crippen LogP contribution in [0.5, 0.6) is 0 Å². The number of non-ortho nitro benzene ring substituents is 1. The molecule has 0 aliphatic rings. The van der Waals surface area contributed by atoms with Gasteiger partial charge in [0.05, 0.1) is 4.92 Å². The zero-order valence-corrected chi connectivity index (χ0v) is 13.0. The molecule has 0 aliphatic carbocycles. The first-order valence-electron chi connectivity index (χ1n) is 7.24. The molecule has 1 N–H and O–H groups in total. The van der Waals surface area contributed by atoms with E-state index in [1.54, 1.807) is 30.3 Å². The molecule has 8 heteroatoms. The van der Waals surface area contributed by atoms with Crippen molar-refractivity contribution in [1.82, 2.24) is 5.32 Å². The zero-order valence-electron chi connectivity index (χ0n) is 13.0. The maximum atomic E-state index is 11.9. The molecule has 0 aromatic heterocycles. The molecule has 0 radical (unpaired) electrons. The summed E-state index contributed by atoms with van der Waals surface area (Å²) < 4.78 is 4.80. The number of rotatable bonds is 7. The molecule has 0 heterocycles. The second-order valence-electron chi connectivity index (χ2n) is 4.94. The minimum Gasteiger partial charge on any atom is -0.456 e. The smallest absolute Gasteiger partial charge is 0.325 e. The number of Topliss-reactive ketones (excluding diaryl/α,β-unsaturated/α-hetero) is 1. The van der Waals surface area contributed by atoms with Gasteiger partial charge in [0.1, 0.15) is 6.54 Å². The molecule has 0 saturated heterocycles. The highest BCUT2D eigenvalue weighted by Gasteiger charge is 2.14. The lowest BCUT2D eigenvalue weighted by Crippen LogP contribution is -2.31. The van der Waals surface area contributed by atoms with Crippen molar-refractivity contribution in [1.29, 1.82) is 0 Å². The van der Waals surface area contributed by atoms with Gasteiger partial charge in [-0.15, -0.1) is 0 Å². The third-order valence-corrected chi connectivity index (χ3v) is 3.17. The van der Waals surface area contributed by atoms with Crippen LogP contribution in [-0.2, 0) is 9.53 Å². The highest BCUT2D eigenvalue weighted by atomic mass is 16.6. The van der Waals surface area contributed by atoms with Crippen LogP contribution in [0.3, 0.4) is 0 Å². The number of nitrogens with zero attached hydrogens (tertiary/aromatic N) is 1. The fourth-order valence-electron chi connectivity index (χ4n) is 1.92. The van der Waals surface area contributed by atoms with Crippen molar-refractivity contribution in [2.45, 2.75) is 0 Å². The molecule has 0 spiro atoms. The fraction of sp³-hybridized carbons (Fsp3) is 0.118. The van der Waals surface area contributed by atoms with E-state index in [1.807, 2.05) is 0 Å². The minimum atomic E-state index is -0.789. The Morgan fingerprint density at radius 2 is 1.68 bits per heavy atom. The number of ketones is 1. The van der Waals surface area contributed by atoms with E-state index in [0.29, 0.717) is 5.56 Å². The summed E-state index contributed by atoms with van der Waals surface area (Å²) in [6.45, 7) is -0.890. The molecule has 0 unspecified atom stereocenters. The lowest BCUT2D eigenvalue weighted by Gasteiger charge is -2.06. The normalized spacial score (nSPS) is 9.92. The van der Waals surface area contributed by atoms with Gasteiger partial charge in [-0.2, -0.15) is 0 Å². The molecule has 0 atom stereocenters. The quantitative estimate of drug-likeness (QED) is 0.355. The standard InChI is InChI=1S/C17H14N2O6/c20-15(12-5-2-1-3-6-12)11-25-16(21)10-18-17(22)13-7-4-8-14(9-13)19(23)24/h1-9H,10-11H2,(H,18,22). The Labute approximate surface area is 142 Å². The van der Waals surface area contributed by atoms with E-state index in [2.05, 4.69) is 5.32 Å². The van der Waals surface area contributed by atoms with Crippen LogP contribution in [-0.4, -0.2) is 35.7 Å². The van der Waals surface area contributed by atoms with Crippen LogP contribution in [0.4, 0.5) is 5.69 Å². The Morgan fingerprint density at radius 3 is 2.36 bits per heavy atom. The van der Waals surface area contributed by atoms with Gasteiger partial charge in [-0.1, -0.05) is 36.4 Å². The number of amides is 1. The third kappa shape index (κ3) is 5.24. The van der Waals surface area contributed by atoms with E-state index < -0.39 is 30.0 Å². The zero-order chi connectivity index (χ0) is 18.2. The van der Waals surface area contributed by atoms with Crippen molar-refractivity contribution in [3.05, 3.63) is 75.8 Å². The molecule has 2 aromatic carbocycles. The SMILES string of the molecule is O=C(CNC(=O)c1cccc([N+](=O)[O-])c1)OCC(=O)c1ccccc1. The highest BCUT2D eigenvalue weighted by Crippen LogP contribution is 2.12. The first-order chi connectivity index (χ1) is 12.0. The van der Waals surface area contributed by atoms with Crippen LogP contribution in [0.15, 0.2) is 54.6 Å². The van der Waals surface area contributed by atoms with E-state index in [0.717, 1.165) is 6.07 Å². The van der Waals surface area contributed by atoms with Gasteiger partial charge in [0.25, 0.3) is 11.6 Å². The van der Waals surface area contributed by atoms with Crippen LogP contribution in [0.25, 0.3) is 0 Å². The monoisotopic (exact) mass is 342 g/mol. The average molecular weight is 342 g/mol. The Kier molecular flexibility index (Phi) is 5.94. The van der Waals surface area contributed by atoms with E-state index in [-0.39, 0.29) is 17.0 Å². The van der Waals surface area contributed by atoms with Crippen molar-refractivity contribution in [3.63, 3.8) is 0 Å². The number of carbonyl (C=O) groups excluding carboxylic acids is 3. The Morgan fingerprint density at radius 1 is 1.00 bits per heavy atom. The van der Waals surface area contributed by atoms with E-state index >= 15 is 0 Å². The number of nitrogens with one attached hydrogen (secondary N) is 1. The number of esters is 1. The van der Waals surface area contributed by atoms with Gasteiger partial charge in [0, 0.05) is 23.3 Å². The molecule has 2 rings (SSSR count). The summed E-state index contributed by atoms with van der Waals surface area (Å²) in [5, 5.41) is 13.0. The molecule has 2 aromatic rings. The maximum Gasteiger partial charge on any atom is 0.325 e. The van der Waals surface area contributed by atoms with Gasteiger partial charge in [0.15, 0.2) is 12.4 Å². The summed E-state index contributed by atoms with van der Waals surface area (Å²) in [6.07, 6.45) is 0. The van der Waals surface area contributed by atoms with Gasteiger partial charge in [-0.3, -0.25) is 24.5 Å². The number of ether oxygens (including phenoxy) is 1. The molecular formula is C17H14N2O6. The van der Waals surface area contributed by atoms with Gasteiger partial charge in [-0.05, 0) is 6.07 Å². The number of benzene rings is 2. The van der Waals surface area contributed by atoms with Crippen LogP contribution in [0.2, 0.25) is 0 Å². The first kappa shape index (κ1) is 17.8. The topological polar surface area (TPSA) is 116 Å². The number of hydrogen-bond acceptors (Lipinski definition) is 6. The van der Waals surface area contributed by atoms with Crippen molar-refractivity contribution >= 4 is 23.3 Å². The molecule has 0 saturated carbocycles. The Balaban J connectivity index is 1.81. The van der Waals surface area contributed by atoms with Gasteiger partial charge >= 0.3 is 5.97 Å². The number of nitro groups is 1. The highest BCUT2D eigenvalue weighted by molar-refractivity contribution is 5.99. The number of hydrogen-bond donors (Lipinski definition) is 1. The van der Waals surface area contributed by atoms with Gasteiger partial charge in [-0.25, -0.2) is 0 Å². The number of nitro benzene ring substituents is 1. The first-order valence-corrected chi connectivity index (χ1v) is 7.24. The van der Waals surface area contributed by atoms with Crippen LogP contribution < -0.4 is 5.32 Å². The summed E-state index contributed by atoms with van der Waals surface area (Å²) in [5.74, 6) is -1.81. The second-order valence-corrected chi connectivity index (χ2v) is 4.94. The molecule has 25 heavy (non-hydrogen) atoms. The van der Waals surface area contributed by atoms with Crippen LogP contribution in [0.1, 0.15) is 20.7 Å². The molecule has 0 aliphatic heterocycles. The molecule has 0 bridgehead atoms. The van der Waals surface area contributed by atoms with Crippen LogP contribution in [0, 0.1) is 10.1 Å². The lowest BCUT2D eigenvalue weighted by molar-refractivity contribution is -0.384. The van der Waals surface area contributed by atoms with Crippen molar-refractivity contribution in [2.24, 2.45) is 0 Å². The molecule has 128 valence electrons. The second kappa shape index (κ2) is 8.34. The summed E-state index contributed by atoms with van der Waals surface area (Å²) in [6, 6.07) is 13.4. The van der Waals surface area contributed by atoms with Crippen molar-refractivity contribution < 1.29 is 24.0 Å². The van der Waals surface area contributed by atoms with E-state index in [1.165, 1.54) is 18.2 Å². The van der Waals surface area contributed by atoms with Gasteiger partial charge < -0.3 is 10.1 Å². The molecule has 8 nitrogen and oxygen atoms in total. The summed E-state index contributed by atoms with van der Waals surface area (Å²) in [5.41, 5.74) is 0.224. The lowest BCUT2D eigenvalue weighted by atomic mass is 10.1. The summed E-state index contributed by atoms with van der Waals surface area (Å²) in [7, 11) is 0. The van der Waals surface area contributed by atoms with E-state index in [9.17, 15) is 24.5 Å². The predicted octanol–water partition coefficient (Wildman–Crippen LogP) is 1.75. The maximum absolute atomic E-state index is 11.9. The van der Waals surface area contributed by atoms with Gasteiger partial charge in [0.2, 0.25) is 0 Å². The largest absolute Gasteiger partial charge is 0.456 e. The van der Waals surface area contributed by atoms with Crippen molar-refractivity contribution in [3.8, 4) is 0 Å². The summed E-state index contributed by atoms with van der Waals surface area (Å²) in [4.78, 5) is 45.3. The van der Waals surface area contributed by atoms with Crippen LogP contribution >= 0.6 is 0 Å². The third-order valence-electron chi connectivity index (χ3n) is 3.17. The van der Waals surface area contributed by atoms with Crippen molar-refractivity contribution in [2.75, 3.05) is 13.2 Å². The Bertz CT molecular complexity index is 804. The predicted molar refractivity (Wildman–Crippen MR) is 87.2 cm³/mol. The fourth-order valence-corrected chi connectivity index (χ4v) is 1.92. The van der Waals surface area contributed by atoms with E-state index in [4.69, 9.17) is 4.74 Å². The number of carbonyl (C=O) groups is 3. The minimum absolute atomic E-state index is 0.0439. The Hall–Kier alpha value is -3.55. The average Bonchev–Trinajstić information content (AvgIpc) is 2.64. The molecule has 0 fully saturated rings.